The SMILES string of the molecule is COc1ccc(CNSc2cc(C)ccc2-c2nnc(C(F)(F)F)o2)c(OC)c1. The Labute approximate surface area is 169 Å². The first-order valence-electron chi connectivity index (χ1n) is 8.44. The average molecular weight is 425 g/mol. The summed E-state index contributed by atoms with van der Waals surface area (Å²) in [4.78, 5) is 0.662. The third kappa shape index (κ3) is 5.01. The fourth-order valence-corrected chi connectivity index (χ4v) is 3.42. The molecule has 0 bridgehead atoms. The first kappa shape index (κ1) is 21.0. The first-order chi connectivity index (χ1) is 13.8. The Morgan fingerprint density at radius 1 is 1.07 bits per heavy atom. The van der Waals surface area contributed by atoms with Crippen LogP contribution in [-0.4, -0.2) is 24.4 Å². The Hall–Kier alpha value is -2.72. The van der Waals surface area contributed by atoms with Crippen LogP contribution in [0, 0.1) is 6.92 Å². The van der Waals surface area contributed by atoms with Crippen molar-refractivity contribution in [3.8, 4) is 23.0 Å². The van der Waals surface area contributed by atoms with Gasteiger partial charge >= 0.3 is 12.1 Å². The number of alkyl halides is 3. The van der Waals surface area contributed by atoms with Gasteiger partial charge in [0.25, 0.3) is 0 Å². The Balaban J connectivity index is 1.78. The number of ether oxygens (including phenoxy) is 2. The summed E-state index contributed by atoms with van der Waals surface area (Å²) in [6.45, 7) is 2.33. The second kappa shape index (κ2) is 8.75. The van der Waals surface area contributed by atoms with Gasteiger partial charge in [-0.15, -0.1) is 10.2 Å². The molecule has 0 unspecified atom stereocenters. The van der Waals surface area contributed by atoms with Crippen LogP contribution in [0.3, 0.4) is 0 Å². The molecule has 3 rings (SSSR count). The van der Waals surface area contributed by atoms with Crippen LogP contribution in [0.2, 0.25) is 0 Å². The molecule has 0 saturated carbocycles. The van der Waals surface area contributed by atoms with Crippen LogP contribution in [-0.2, 0) is 12.7 Å². The number of benzene rings is 2. The second-order valence-corrected chi connectivity index (χ2v) is 6.94. The molecule has 10 heteroatoms. The topological polar surface area (TPSA) is 69.4 Å². The largest absolute Gasteiger partial charge is 0.497 e. The molecular weight excluding hydrogens is 407 g/mol. The summed E-state index contributed by atoms with van der Waals surface area (Å²) in [5.41, 5.74) is 2.25. The maximum absolute atomic E-state index is 12.8. The molecule has 1 aromatic heterocycles. The highest BCUT2D eigenvalue weighted by molar-refractivity contribution is 7.97. The van der Waals surface area contributed by atoms with Gasteiger partial charge in [0.05, 0.1) is 19.8 Å². The van der Waals surface area contributed by atoms with E-state index in [0.717, 1.165) is 11.1 Å². The maximum Gasteiger partial charge on any atom is 0.470 e. The highest BCUT2D eigenvalue weighted by Gasteiger charge is 2.38. The highest BCUT2D eigenvalue weighted by atomic mass is 32.2. The number of nitrogens with one attached hydrogen (secondary N) is 1. The molecule has 0 amide bonds. The minimum atomic E-state index is -4.69. The number of aromatic nitrogens is 2. The molecule has 0 aliphatic heterocycles. The zero-order valence-electron chi connectivity index (χ0n) is 15.8. The molecule has 0 atom stereocenters. The van der Waals surface area contributed by atoms with Crippen molar-refractivity contribution in [2.75, 3.05) is 14.2 Å². The van der Waals surface area contributed by atoms with E-state index in [4.69, 9.17) is 13.9 Å². The van der Waals surface area contributed by atoms with Crippen molar-refractivity contribution in [1.29, 1.82) is 0 Å². The van der Waals surface area contributed by atoms with E-state index in [9.17, 15) is 13.2 Å². The standard InChI is InChI=1S/C19H18F3N3O3S/c1-11-4-7-14(17-24-25-18(28-17)19(20,21)22)16(8-11)29-23-10-12-5-6-13(26-2)9-15(12)27-3/h4-9,23H,10H2,1-3H3. The van der Waals surface area contributed by atoms with Crippen LogP contribution in [0.5, 0.6) is 11.5 Å². The number of methoxy groups -OCH3 is 2. The molecule has 29 heavy (non-hydrogen) atoms. The van der Waals surface area contributed by atoms with E-state index in [2.05, 4.69) is 14.9 Å². The summed E-state index contributed by atoms with van der Waals surface area (Å²) < 4.78 is 56.8. The lowest BCUT2D eigenvalue weighted by Crippen LogP contribution is -2.05. The van der Waals surface area contributed by atoms with Crippen molar-refractivity contribution in [2.24, 2.45) is 0 Å². The average Bonchev–Trinajstić information content (AvgIpc) is 3.19. The maximum atomic E-state index is 12.8. The van der Waals surface area contributed by atoms with Gasteiger partial charge in [-0.2, -0.15) is 13.2 Å². The molecule has 3 aromatic rings. The van der Waals surface area contributed by atoms with Crippen molar-refractivity contribution >= 4 is 11.9 Å². The van der Waals surface area contributed by atoms with Gasteiger partial charge in [0.15, 0.2) is 0 Å². The fraction of sp³-hybridized carbons (Fsp3) is 0.263. The molecule has 0 fully saturated rings. The molecule has 0 saturated heterocycles. The highest BCUT2D eigenvalue weighted by Crippen LogP contribution is 2.34. The number of hydrogen-bond donors (Lipinski definition) is 1. The van der Waals surface area contributed by atoms with Crippen LogP contribution < -0.4 is 14.2 Å². The molecule has 6 nitrogen and oxygen atoms in total. The van der Waals surface area contributed by atoms with Gasteiger partial charge in [0.2, 0.25) is 5.89 Å². The number of nitrogens with zero attached hydrogens (tertiary/aromatic N) is 2. The normalized spacial score (nSPS) is 11.5. The van der Waals surface area contributed by atoms with E-state index in [1.54, 1.807) is 32.4 Å². The molecule has 1 N–H and O–H groups in total. The third-order valence-corrected chi connectivity index (χ3v) is 4.82. The lowest BCUT2D eigenvalue weighted by atomic mass is 10.1. The van der Waals surface area contributed by atoms with Crippen LogP contribution in [0.15, 0.2) is 45.7 Å². The molecule has 2 aromatic carbocycles. The van der Waals surface area contributed by atoms with Gasteiger partial charge in [-0.3, -0.25) is 4.72 Å². The van der Waals surface area contributed by atoms with Gasteiger partial charge in [-0.1, -0.05) is 12.1 Å². The van der Waals surface area contributed by atoms with E-state index in [1.165, 1.54) is 11.9 Å². The number of aryl methyl sites for hydroxylation is 1. The molecule has 0 radical (unpaired) electrons. The van der Waals surface area contributed by atoms with Crippen molar-refractivity contribution in [3.63, 3.8) is 0 Å². The van der Waals surface area contributed by atoms with E-state index in [0.29, 0.717) is 28.5 Å². The van der Waals surface area contributed by atoms with Crippen molar-refractivity contribution in [3.05, 3.63) is 53.4 Å². The van der Waals surface area contributed by atoms with E-state index in [1.807, 2.05) is 25.1 Å². The summed E-state index contributed by atoms with van der Waals surface area (Å²) >= 11 is 1.25. The van der Waals surface area contributed by atoms with E-state index in [-0.39, 0.29) is 5.89 Å². The summed E-state index contributed by atoms with van der Waals surface area (Å²) in [6, 6.07) is 10.7. The zero-order chi connectivity index (χ0) is 21.0. The Kier molecular flexibility index (Phi) is 6.33. The predicted molar refractivity (Wildman–Crippen MR) is 102 cm³/mol. The molecule has 0 spiro atoms. The fourth-order valence-electron chi connectivity index (χ4n) is 2.53. The predicted octanol–water partition coefficient (Wildman–Crippen LogP) is 4.88. The van der Waals surface area contributed by atoms with Crippen LogP contribution >= 0.6 is 11.9 Å². The molecule has 0 aliphatic carbocycles. The summed E-state index contributed by atoms with van der Waals surface area (Å²) in [5, 5.41) is 6.64. The van der Waals surface area contributed by atoms with Crippen LogP contribution in [0.1, 0.15) is 17.0 Å². The van der Waals surface area contributed by atoms with Gasteiger partial charge in [0, 0.05) is 23.1 Å². The summed E-state index contributed by atoms with van der Waals surface area (Å²) in [7, 11) is 3.14. The third-order valence-electron chi connectivity index (χ3n) is 3.97. The Bertz CT molecular complexity index is 992. The smallest absolute Gasteiger partial charge is 0.470 e. The lowest BCUT2D eigenvalue weighted by molar-refractivity contribution is -0.156. The lowest BCUT2D eigenvalue weighted by Gasteiger charge is -2.12. The van der Waals surface area contributed by atoms with Crippen LogP contribution in [0.25, 0.3) is 11.5 Å². The molecular formula is C19H18F3N3O3S. The van der Waals surface area contributed by atoms with Gasteiger partial charge in [-0.25, -0.2) is 0 Å². The van der Waals surface area contributed by atoms with Gasteiger partial charge < -0.3 is 13.9 Å². The molecule has 0 aliphatic rings. The van der Waals surface area contributed by atoms with Crippen molar-refractivity contribution in [2.45, 2.75) is 24.5 Å². The Morgan fingerprint density at radius 2 is 1.86 bits per heavy atom. The van der Waals surface area contributed by atoms with Crippen molar-refractivity contribution < 1.29 is 27.1 Å². The zero-order valence-corrected chi connectivity index (χ0v) is 16.6. The first-order valence-corrected chi connectivity index (χ1v) is 9.26. The second-order valence-electron chi connectivity index (χ2n) is 6.01. The number of halogens is 3. The molecule has 1 heterocycles. The van der Waals surface area contributed by atoms with E-state index >= 15 is 0 Å². The number of rotatable bonds is 7. The van der Waals surface area contributed by atoms with E-state index < -0.39 is 12.1 Å². The summed E-state index contributed by atoms with van der Waals surface area (Å²) in [5.74, 6) is -0.228. The van der Waals surface area contributed by atoms with Gasteiger partial charge in [0.1, 0.15) is 11.5 Å². The monoisotopic (exact) mass is 425 g/mol. The summed E-state index contributed by atoms with van der Waals surface area (Å²) in [6.07, 6.45) is -4.69. The molecule has 154 valence electrons. The Morgan fingerprint density at radius 3 is 2.52 bits per heavy atom. The minimum absolute atomic E-state index is 0.191. The quantitative estimate of drug-likeness (QED) is 0.541. The van der Waals surface area contributed by atoms with Gasteiger partial charge in [-0.05, 0) is 42.6 Å². The van der Waals surface area contributed by atoms with Crippen molar-refractivity contribution in [1.82, 2.24) is 14.9 Å². The minimum Gasteiger partial charge on any atom is -0.497 e. The number of hydrogen-bond acceptors (Lipinski definition) is 7. The van der Waals surface area contributed by atoms with Crippen LogP contribution in [0.4, 0.5) is 13.2 Å².